The molecule has 172 valence electrons. The molecule has 0 unspecified atom stereocenters. The second kappa shape index (κ2) is 10.1. The Morgan fingerprint density at radius 1 is 0.939 bits per heavy atom. The van der Waals surface area contributed by atoms with Gasteiger partial charge in [0.2, 0.25) is 0 Å². The molecule has 0 aliphatic carbocycles. The van der Waals surface area contributed by atoms with Crippen LogP contribution in [-0.2, 0) is 10.0 Å². The first-order valence-corrected chi connectivity index (χ1v) is 12.6. The zero-order chi connectivity index (χ0) is 23.3. The number of ether oxygens (including phenoxy) is 1. The van der Waals surface area contributed by atoms with Crippen LogP contribution in [0, 0.1) is 0 Å². The van der Waals surface area contributed by atoms with Crippen molar-refractivity contribution in [2.24, 2.45) is 0 Å². The van der Waals surface area contributed by atoms with Crippen molar-refractivity contribution in [3.8, 4) is 5.75 Å². The maximum atomic E-state index is 12.9. The molecule has 6 nitrogen and oxygen atoms in total. The fourth-order valence-electron chi connectivity index (χ4n) is 4.10. The summed E-state index contributed by atoms with van der Waals surface area (Å²) in [5, 5.41) is 0. The number of carbonyl (C=O) groups excluding carboxylic acids is 1. The van der Waals surface area contributed by atoms with E-state index in [1.807, 2.05) is 30.0 Å². The van der Waals surface area contributed by atoms with Gasteiger partial charge in [0.25, 0.3) is 15.9 Å². The number of nitrogens with one attached hydrogen (secondary N) is 1. The Balaban J connectivity index is 1.37. The number of nitrogens with zero attached hydrogens (tertiary/aromatic N) is 1. The molecule has 0 bridgehead atoms. The minimum atomic E-state index is -3.76. The van der Waals surface area contributed by atoms with E-state index >= 15 is 0 Å². The monoisotopic (exact) mass is 464 g/mol. The number of amides is 1. The largest absolute Gasteiger partial charge is 0.494 e. The van der Waals surface area contributed by atoms with Crippen LogP contribution >= 0.6 is 0 Å². The standard InChI is InChI=1S/C26H28N2O4S/c1-2-32-24-12-10-23(11-13-24)27-33(30,31)25-14-8-22(9-15-25)26(29)28-18-16-21(17-19-28)20-6-4-3-5-7-20/h3-15,21,27H,2,16-19H2,1H3. The van der Waals surface area contributed by atoms with Crippen LogP contribution in [0.4, 0.5) is 5.69 Å². The van der Waals surface area contributed by atoms with Gasteiger partial charge < -0.3 is 9.64 Å². The Morgan fingerprint density at radius 3 is 2.18 bits per heavy atom. The van der Waals surface area contributed by atoms with E-state index < -0.39 is 10.0 Å². The fourth-order valence-corrected chi connectivity index (χ4v) is 5.16. The lowest BCUT2D eigenvalue weighted by Crippen LogP contribution is -2.37. The highest BCUT2D eigenvalue weighted by Crippen LogP contribution is 2.28. The van der Waals surface area contributed by atoms with Gasteiger partial charge in [-0.25, -0.2) is 8.42 Å². The molecule has 7 heteroatoms. The summed E-state index contributed by atoms with van der Waals surface area (Å²) in [5.41, 5.74) is 2.26. The molecule has 1 aliphatic rings. The molecule has 4 rings (SSSR count). The minimum absolute atomic E-state index is 0.0649. The summed E-state index contributed by atoms with van der Waals surface area (Å²) in [6.07, 6.45) is 1.85. The van der Waals surface area contributed by atoms with Crippen molar-refractivity contribution >= 4 is 21.6 Å². The van der Waals surface area contributed by atoms with Crippen molar-refractivity contribution in [2.45, 2.75) is 30.6 Å². The molecule has 1 N–H and O–H groups in total. The summed E-state index contributed by atoms with van der Waals surface area (Å²) in [6.45, 7) is 3.81. The van der Waals surface area contributed by atoms with Gasteiger partial charge >= 0.3 is 0 Å². The summed E-state index contributed by atoms with van der Waals surface area (Å²) >= 11 is 0. The summed E-state index contributed by atoms with van der Waals surface area (Å²) in [6, 6.07) is 23.2. The average Bonchev–Trinajstić information content (AvgIpc) is 2.85. The molecule has 0 spiro atoms. The van der Waals surface area contributed by atoms with Crippen LogP contribution in [0.15, 0.2) is 83.8 Å². The first-order valence-electron chi connectivity index (χ1n) is 11.2. The van der Waals surface area contributed by atoms with E-state index in [9.17, 15) is 13.2 Å². The number of rotatable bonds is 7. The summed E-state index contributed by atoms with van der Waals surface area (Å²) in [7, 11) is -3.76. The maximum absolute atomic E-state index is 12.9. The molecular weight excluding hydrogens is 436 g/mol. The number of sulfonamides is 1. The first kappa shape index (κ1) is 22.9. The number of anilines is 1. The Hall–Kier alpha value is -3.32. The van der Waals surface area contributed by atoms with Crippen molar-refractivity contribution < 1.29 is 17.9 Å². The lowest BCUT2D eigenvalue weighted by Gasteiger charge is -2.32. The Bertz CT molecular complexity index is 1170. The Kier molecular flexibility index (Phi) is 6.99. The highest BCUT2D eigenvalue weighted by Gasteiger charge is 2.25. The smallest absolute Gasteiger partial charge is 0.261 e. The van der Waals surface area contributed by atoms with Gasteiger partial charge in [-0.1, -0.05) is 30.3 Å². The topological polar surface area (TPSA) is 75.7 Å². The number of carbonyl (C=O) groups is 1. The molecule has 0 saturated carbocycles. The maximum Gasteiger partial charge on any atom is 0.261 e. The first-order chi connectivity index (χ1) is 16.0. The Morgan fingerprint density at radius 2 is 1.58 bits per heavy atom. The SMILES string of the molecule is CCOc1ccc(NS(=O)(=O)c2ccc(C(=O)N3CCC(c4ccccc4)CC3)cc2)cc1. The van der Waals surface area contributed by atoms with Gasteiger partial charge in [0, 0.05) is 24.3 Å². The zero-order valence-electron chi connectivity index (χ0n) is 18.6. The second-order valence-corrected chi connectivity index (χ2v) is 9.75. The van der Waals surface area contributed by atoms with Gasteiger partial charge in [0.1, 0.15) is 5.75 Å². The van der Waals surface area contributed by atoms with Crippen LogP contribution < -0.4 is 9.46 Å². The van der Waals surface area contributed by atoms with Crippen LogP contribution in [0.5, 0.6) is 5.75 Å². The second-order valence-electron chi connectivity index (χ2n) is 8.06. The van der Waals surface area contributed by atoms with Gasteiger partial charge in [-0.15, -0.1) is 0 Å². The summed E-state index contributed by atoms with van der Waals surface area (Å²) < 4.78 is 33.4. The third-order valence-electron chi connectivity index (χ3n) is 5.88. The van der Waals surface area contributed by atoms with Crippen molar-refractivity contribution in [3.63, 3.8) is 0 Å². The van der Waals surface area contributed by atoms with Gasteiger partial charge in [0.05, 0.1) is 11.5 Å². The van der Waals surface area contributed by atoms with E-state index in [0.29, 0.717) is 42.6 Å². The molecule has 1 aliphatic heterocycles. The van der Waals surface area contributed by atoms with E-state index in [1.165, 1.54) is 17.7 Å². The Labute approximate surface area is 195 Å². The van der Waals surface area contributed by atoms with Crippen molar-refractivity contribution in [2.75, 3.05) is 24.4 Å². The van der Waals surface area contributed by atoms with Gasteiger partial charge in [-0.05, 0) is 79.8 Å². The number of benzene rings is 3. The van der Waals surface area contributed by atoms with Crippen LogP contribution in [0.1, 0.15) is 41.6 Å². The quantitative estimate of drug-likeness (QED) is 0.539. The van der Waals surface area contributed by atoms with Crippen molar-refractivity contribution in [1.82, 2.24) is 4.90 Å². The number of hydrogen-bond donors (Lipinski definition) is 1. The van der Waals surface area contributed by atoms with Crippen LogP contribution in [0.25, 0.3) is 0 Å². The molecule has 3 aromatic rings. The highest BCUT2D eigenvalue weighted by molar-refractivity contribution is 7.92. The highest BCUT2D eigenvalue weighted by atomic mass is 32.2. The van der Waals surface area contributed by atoms with Crippen LogP contribution in [0.2, 0.25) is 0 Å². The van der Waals surface area contributed by atoms with Crippen molar-refractivity contribution in [3.05, 3.63) is 90.0 Å². The zero-order valence-corrected chi connectivity index (χ0v) is 19.4. The lowest BCUT2D eigenvalue weighted by atomic mass is 9.89. The van der Waals surface area contributed by atoms with E-state index in [0.717, 1.165) is 12.8 Å². The molecule has 0 aromatic heterocycles. The van der Waals surface area contributed by atoms with E-state index in [2.05, 4.69) is 16.9 Å². The fraction of sp³-hybridized carbons (Fsp3) is 0.269. The normalized spacial score (nSPS) is 14.6. The summed E-state index contributed by atoms with van der Waals surface area (Å²) in [4.78, 5) is 14.9. The van der Waals surface area contributed by atoms with Gasteiger partial charge in [-0.3, -0.25) is 9.52 Å². The molecule has 1 amide bonds. The molecule has 1 saturated heterocycles. The van der Waals surface area contributed by atoms with Crippen molar-refractivity contribution in [1.29, 1.82) is 0 Å². The van der Waals surface area contributed by atoms with E-state index in [1.54, 1.807) is 36.4 Å². The third-order valence-corrected chi connectivity index (χ3v) is 7.28. The van der Waals surface area contributed by atoms with E-state index in [4.69, 9.17) is 4.74 Å². The van der Waals surface area contributed by atoms with E-state index in [-0.39, 0.29) is 10.8 Å². The minimum Gasteiger partial charge on any atom is -0.494 e. The number of piperidine rings is 1. The lowest BCUT2D eigenvalue weighted by molar-refractivity contribution is 0.0713. The third kappa shape index (κ3) is 5.54. The molecule has 0 radical (unpaired) electrons. The molecule has 33 heavy (non-hydrogen) atoms. The van der Waals surface area contributed by atoms with Crippen LogP contribution in [0.3, 0.4) is 0 Å². The number of hydrogen-bond acceptors (Lipinski definition) is 4. The predicted molar refractivity (Wildman–Crippen MR) is 129 cm³/mol. The molecule has 1 heterocycles. The predicted octanol–water partition coefficient (Wildman–Crippen LogP) is 4.91. The van der Waals surface area contributed by atoms with Crippen LogP contribution in [-0.4, -0.2) is 38.9 Å². The molecule has 0 atom stereocenters. The molecular formula is C26H28N2O4S. The molecule has 1 fully saturated rings. The summed E-state index contributed by atoms with van der Waals surface area (Å²) in [5.74, 6) is 1.08. The van der Waals surface area contributed by atoms with Gasteiger partial charge in [-0.2, -0.15) is 0 Å². The molecule has 3 aromatic carbocycles. The number of likely N-dealkylation sites (tertiary alicyclic amines) is 1. The average molecular weight is 465 g/mol. The van der Waals surface area contributed by atoms with Gasteiger partial charge in [0.15, 0.2) is 0 Å².